The van der Waals surface area contributed by atoms with Gasteiger partial charge in [-0.15, -0.1) is 0 Å². The van der Waals surface area contributed by atoms with Crippen LogP contribution < -0.4 is 5.73 Å². The molecule has 4 nitrogen and oxygen atoms in total. The number of hydrogen-bond acceptors (Lipinski definition) is 4. The van der Waals surface area contributed by atoms with Gasteiger partial charge in [-0.25, -0.2) is 0 Å². The highest BCUT2D eigenvalue weighted by atomic mass is 16.3. The minimum atomic E-state index is -0.317. The van der Waals surface area contributed by atoms with Crippen molar-refractivity contribution in [3.8, 4) is 11.9 Å². The summed E-state index contributed by atoms with van der Waals surface area (Å²) in [6.45, 7) is 0. The van der Waals surface area contributed by atoms with Crippen LogP contribution in [-0.2, 0) is 0 Å². The summed E-state index contributed by atoms with van der Waals surface area (Å²) in [7, 11) is 0. The number of hydrogen-bond donors (Lipinski definition) is 2. The number of pyridine rings is 1. The van der Waals surface area contributed by atoms with Crippen molar-refractivity contribution >= 4 is 5.82 Å². The number of aromatic hydroxyl groups is 1. The Hall–Kier alpha value is -1.76. The molecule has 0 aliphatic rings. The van der Waals surface area contributed by atoms with Gasteiger partial charge in [-0.05, 0) is 12.1 Å². The van der Waals surface area contributed by atoms with Crippen molar-refractivity contribution in [1.82, 2.24) is 4.98 Å². The molecule has 1 rings (SSSR count). The first-order valence-corrected chi connectivity index (χ1v) is 2.59. The molecule has 0 saturated carbocycles. The van der Waals surface area contributed by atoms with Crippen LogP contribution >= 0.6 is 0 Å². The zero-order valence-electron chi connectivity index (χ0n) is 5.07. The summed E-state index contributed by atoms with van der Waals surface area (Å²) in [5.74, 6) is -0.112. The van der Waals surface area contributed by atoms with Crippen LogP contribution in [0.1, 0.15) is 5.56 Å². The zero-order valence-corrected chi connectivity index (χ0v) is 5.07. The summed E-state index contributed by atoms with van der Waals surface area (Å²) >= 11 is 0. The predicted molar refractivity (Wildman–Crippen MR) is 35.0 cm³/mol. The van der Waals surface area contributed by atoms with Gasteiger partial charge in [0.1, 0.15) is 17.5 Å². The molecule has 0 bridgehead atoms. The number of aromatic nitrogens is 1. The summed E-state index contributed by atoms with van der Waals surface area (Å²) < 4.78 is 0. The molecule has 1 heterocycles. The molecule has 0 aliphatic heterocycles. The van der Waals surface area contributed by atoms with E-state index in [2.05, 4.69) is 4.98 Å². The monoisotopic (exact) mass is 135 g/mol. The smallest absolute Gasteiger partial charge is 0.231 e. The standard InChI is InChI=1S/C6H5N3O/c7-3-4-1-2-5(8)9-6(4)10/h1-2H,(H3,8,9,10). The van der Waals surface area contributed by atoms with Crippen LogP contribution in [0.4, 0.5) is 5.82 Å². The maximum atomic E-state index is 8.88. The van der Waals surface area contributed by atoms with Crippen LogP contribution in [0.15, 0.2) is 12.1 Å². The van der Waals surface area contributed by atoms with Gasteiger partial charge in [0.2, 0.25) is 5.88 Å². The normalized spacial score (nSPS) is 8.70. The van der Waals surface area contributed by atoms with E-state index in [9.17, 15) is 0 Å². The summed E-state index contributed by atoms with van der Waals surface area (Å²) in [4.78, 5) is 3.46. The third kappa shape index (κ3) is 0.977. The fourth-order valence-corrected chi connectivity index (χ4v) is 0.550. The van der Waals surface area contributed by atoms with E-state index in [0.717, 1.165) is 0 Å². The SMILES string of the molecule is N#Cc1ccc(N)nc1O. The van der Waals surface area contributed by atoms with E-state index in [1.807, 2.05) is 0 Å². The molecule has 1 aromatic rings. The maximum absolute atomic E-state index is 8.88. The molecular weight excluding hydrogens is 130 g/mol. The minimum absolute atomic E-state index is 0.134. The molecule has 0 spiro atoms. The van der Waals surface area contributed by atoms with Gasteiger partial charge in [0, 0.05) is 0 Å². The molecule has 0 aliphatic carbocycles. The molecule has 0 radical (unpaired) electrons. The van der Waals surface area contributed by atoms with E-state index in [-0.39, 0.29) is 17.3 Å². The number of anilines is 1. The molecule has 0 saturated heterocycles. The summed E-state index contributed by atoms with van der Waals surface area (Å²) in [6.07, 6.45) is 0. The van der Waals surface area contributed by atoms with Gasteiger partial charge in [-0.2, -0.15) is 10.2 Å². The highest BCUT2D eigenvalue weighted by Gasteiger charge is 1.99. The molecule has 1 aromatic heterocycles. The average molecular weight is 135 g/mol. The molecule has 50 valence electrons. The van der Waals surface area contributed by atoms with E-state index in [1.165, 1.54) is 12.1 Å². The first kappa shape index (κ1) is 6.36. The van der Waals surface area contributed by atoms with Crippen LogP contribution in [0.2, 0.25) is 0 Å². The third-order valence-electron chi connectivity index (χ3n) is 1.02. The Morgan fingerprint density at radius 2 is 2.30 bits per heavy atom. The average Bonchev–Trinajstić information content (AvgIpc) is 1.88. The highest BCUT2D eigenvalue weighted by molar-refractivity contribution is 5.43. The van der Waals surface area contributed by atoms with Gasteiger partial charge in [-0.3, -0.25) is 0 Å². The molecule has 0 aromatic carbocycles. The summed E-state index contributed by atoms with van der Waals surface area (Å²) in [6, 6.07) is 4.63. The Balaban J connectivity index is 3.23. The molecule has 0 atom stereocenters. The lowest BCUT2D eigenvalue weighted by Crippen LogP contribution is -1.90. The fourth-order valence-electron chi connectivity index (χ4n) is 0.550. The van der Waals surface area contributed by atoms with Gasteiger partial charge in [-0.1, -0.05) is 0 Å². The van der Waals surface area contributed by atoms with Crippen molar-refractivity contribution in [2.45, 2.75) is 0 Å². The minimum Gasteiger partial charge on any atom is -0.492 e. The number of nitrogens with zero attached hydrogens (tertiary/aromatic N) is 2. The van der Waals surface area contributed by atoms with E-state index < -0.39 is 0 Å². The molecule has 10 heavy (non-hydrogen) atoms. The van der Waals surface area contributed by atoms with Crippen LogP contribution in [0.25, 0.3) is 0 Å². The maximum Gasteiger partial charge on any atom is 0.231 e. The van der Waals surface area contributed by atoms with Gasteiger partial charge >= 0.3 is 0 Å². The van der Waals surface area contributed by atoms with Gasteiger partial charge < -0.3 is 10.8 Å². The van der Waals surface area contributed by atoms with Gasteiger partial charge in [0.15, 0.2) is 0 Å². The highest BCUT2D eigenvalue weighted by Crippen LogP contribution is 2.12. The summed E-state index contributed by atoms with van der Waals surface area (Å²) in [5.41, 5.74) is 5.34. The largest absolute Gasteiger partial charge is 0.492 e. The Labute approximate surface area is 57.5 Å². The van der Waals surface area contributed by atoms with Gasteiger partial charge in [0.25, 0.3) is 0 Å². The van der Waals surface area contributed by atoms with E-state index >= 15 is 0 Å². The number of nitriles is 1. The molecule has 0 unspecified atom stereocenters. The van der Waals surface area contributed by atoms with Gasteiger partial charge in [0.05, 0.1) is 0 Å². The molecule has 4 heteroatoms. The second-order valence-electron chi connectivity index (χ2n) is 1.72. The Bertz CT molecular complexity index is 290. The fraction of sp³-hybridized carbons (Fsp3) is 0. The Kier molecular flexibility index (Phi) is 1.42. The topological polar surface area (TPSA) is 82.9 Å². The second kappa shape index (κ2) is 2.23. The van der Waals surface area contributed by atoms with Crippen LogP contribution in [0.3, 0.4) is 0 Å². The summed E-state index contributed by atoms with van der Waals surface area (Å²) in [5, 5.41) is 17.2. The number of nitrogen functional groups attached to an aromatic ring is 1. The number of rotatable bonds is 0. The van der Waals surface area contributed by atoms with Crippen molar-refractivity contribution in [3.05, 3.63) is 17.7 Å². The van der Waals surface area contributed by atoms with E-state index in [0.29, 0.717) is 0 Å². The second-order valence-corrected chi connectivity index (χ2v) is 1.72. The molecule has 0 fully saturated rings. The predicted octanol–water partition coefficient (Wildman–Crippen LogP) is 0.241. The van der Waals surface area contributed by atoms with E-state index in [4.69, 9.17) is 16.1 Å². The van der Waals surface area contributed by atoms with Crippen molar-refractivity contribution in [2.24, 2.45) is 0 Å². The van der Waals surface area contributed by atoms with E-state index in [1.54, 1.807) is 6.07 Å². The molecule has 0 amide bonds. The first-order chi connectivity index (χ1) is 4.74. The van der Waals surface area contributed by atoms with Crippen LogP contribution in [0, 0.1) is 11.3 Å². The van der Waals surface area contributed by atoms with Crippen LogP contribution in [-0.4, -0.2) is 10.1 Å². The quantitative estimate of drug-likeness (QED) is 0.533. The lowest BCUT2D eigenvalue weighted by molar-refractivity contribution is 0.452. The van der Waals surface area contributed by atoms with Crippen LogP contribution in [0.5, 0.6) is 5.88 Å². The zero-order chi connectivity index (χ0) is 7.56. The van der Waals surface area contributed by atoms with Crippen molar-refractivity contribution in [2.75, 3.05) is 5.73 Å². The van der Waals surface area contributed by atoms with Crippen molar-refractivity contribution in [3.63, 3.8) is 0 Å². The lowest BCUT2D eigenvalue weighted by Gasteiger charge is -1.93. The molecule has 3 N–H and O–H groups in total. The first-order valence-electron chi connectivity index (χ1n) is 2.59. The lowest BCUT2D eigenvalue weighted by atomic mass is 10.3. The van der Waals surface area contributed by atoms with Crippen molar-refractivity contribution < 1.29 is 5.11 Å². The Morgan fingerprint density at radius 1 is 1.60 bits per heavy atom. The number of nitrogens with two attached hydrogens (primary N) is 1. The van der Waals surface area contributed by atoms with Crippen molar-refractivity contribution in [1.29, 1.82) is 5.26 Å². The molecular formula is C6H5N3O. The Morgan fingerprint density at radius 3 is 2.80 bits per heavy atom. The third-order valence-corrected chi connectivity index (χ3v) is 1.02.